The zero-order valence-corrected chi connectivity index (χ0v) is 19.3. The predicted octanol–water partition coefficient (Wildman–Crippen LogP) is 3.52. The minimum Gasteiger partial charge on any atom is -0.486 e. The van der Waals surface area contributed by atoms with E-state index in [0.29, 0.717) is 19.0 Å². The molecule has 0 aliphatic carbocycles. The molecule has 172 valence electrons. The molecule has 0 bridgehead atoms. The van der Waals surface area contributed by atoms with Gasteiger partial charge in [0.15, 0.2) is 11.5 Å². The Bertz CT molecular complexity index is 1140. The minimum atomic E-state index is 0. The van der Waals surface area contributed by atoms with Crippen LogP contribution >= 0.6 is 12.4 Å². The Kier molecular flexibility index (Phi) is 7.01. The molecule has 2 aromatic carbocycles. The largest absolute Gasteiger partial charge is 0.486 e. The van der Waals surface area contributed by atoms with Crippen molar-refractivity contribution in [1.82, 2.24) is 19.6 Å². The number of likely N-dealkylation sites (N-methyl/N-ethyl adjacent to an activating group) is 1. The highest BCUT2D eigenvalue weighted by molar-refractivity contribution is 5.93. The first kappa shape index (κ1) is 22.9. The van der Waals surface area contributed by atoms with Gasteiger partial charge >= 0.3 is 0 Å². The van der Waals surface area contributed by atoms with Crippen molar-refractivity contribution in [2.45, 2.75) is 0 Å². The smallest absolute Gasteiger partial charge is 0.246 e. The van der Waals surface area contributed by atoms with Crippen LogP contribution in [0, 0.1) is 0 Å². The van der Waals surface area contributed by atoms with E-state index >= 15 is 0 Å². The van der Waals surface area contributed by atoms with Crippen molar-refractivity contribution in [3.63, 3.8) is 0 Å². The SMILES string of the molecule is CN1CCN(C(=O)C=Cc2cn(-c3ccccc3)nc2-c2ccc3c(c2)OCCO3)CC1.Cl. The molecule has 0 radical (unpaired) electrons. The fraction of sp³-hybridized carbons (Fsp3) is 0.280. The molecule has 7 nitrogen and oxygen atoms in total. The first-order valence-electron chi connectivity index (χ1n) is 10.9. The summed E-state index contributed by atoms with van der Waals surface area (Å²) in [7, 11) is 2.08. The molecule has 8 heteroatoms. The van der Waals surface area contributed by atoms with Crippen molar-refractivity contribution in [3.8, 4) is 28.4 Å². The van der Waals surface area contributed by atoms with E-state index in [0.717, 1.165) is 54.4 Å². The zero-order chi connectivity index (χ0) is 21.9. The Labute approximate surface area is 199 Å². The number of halogens is 1. The molecule has 0 unspecified atom stereocenters. The molecule has 1 amide bonds. The molecule has 1 fully saturated rings. The van der Waals surface area contributed by atoms with Crippen LogP contribution in [-0.4, -0.2) is 71.9 Å². The first-order valence-corrected chi connectivity index (χ1v) is 10.9. The normalized spacial score (nSPS) is 16.0. The maximum atomic E-state index is 12.8. The molecule has 0 N–H and O–H groups in total. The summed E-state index contributed by atoms with van der Waals surface area (Å²) in [6.45, 7) is 4.37. The average Bonchev–Trinajstić information content (AvgIpc) is 3.27. The van der Waals surface area contributed by atoms with E-state index in [9.17, 15) is 4.79 Å². The Morgan fingerprint density at radius 3 is 2.45 bits per heavy atom. The van der Waals surface area contributed by atoms with Crippen LogP contribution in [-0.2, 0) is 4.79 Å². The van der Waals surface area contributed by atoms with Gasteiger partial charge in [-0.3, -0.25) is 4.79 Å². The van der Waals surface area contributed by atoms with Crippen LogP contribution in [0.15, 0.2) is 60.8 Å². The summed E-state index contributed by atoms with van der Waals surface area (Å²) in [6.07, 6.45) is 5.47. The van der Waals surface area contributed by atoms with Crippen molar-refractivity contribution in [2.75, 3.05) is 46.4 Å². The van der Waals surface area contributed by atoms with Gasteiger partial charge in [0, 0.05) is 49.6 Å². The second kappa shape index (κ2) is 10.1. The highest BCUT2D eigenvalue weighted by Crippen LogP contribution is 2.35. The number of benzene rings is 2. The second-order valence-corrected chi connectivity index (χ2v) is 8.03. The molecule has 1 aromatic heterocycles. The number of amides is 1. The third-order valence-corrected chi connectivity index (χ3v) is 5.80. The standard InChI is InChI=1S/C25H26N4O3.ClH/c1-27-11-13-28(14-12-27)24(30)10-8-20-18-29(21-5-3-2-4-6-21)26-25(20)19-7-9-22-23(17-19)32-16-15-31-22;/h2-10,17-18H,11-16H2,1H3;1H. The molecule has 2 aliphatic heterocycles. The molecule has 3 aromatic rings. The predicted molar refractivity (Wildman–Crippen MR) is 130 cm³/mol. The topological polar surface area (TPSA) is 59.8 Å². The summed E-state index contributed by atoms with van der Waals surface area (Å²) >= 11 is 0. The Hall–Kier alpha value is -3.29. The number of fused-ring (bicyclic) bond motifs is 1. The van der Waals surface area contributed by atoms with Gasteiger partial charge in [-0.05, 0) is 43.5 Å². The number of hydrogen-bond donors (Lipinski definition) is 0. The van der Waals surface area contributed by atoms with Gasteiger partial charge in [0.1, 0.15) is 18.9 Å². The van der Waals surface area contributed by atoms with Gasteiger partial charge in [0.05, 0.1) is 5.69 Å². The lowest BCUT2D eigenvalue weighted by atomic mass is 10.1. The van der Waals surface area contributed by atoms with Gasteiger partial charge in [0.25, 0.3) is 0 Å². The summed E-state index contributed by atoms with van der Waals surface area (Å²) in [5.74, 6) is 1.48. The molecular weight excluding hydrogens is 440 g/mol. The summed E-state index contributed by atoms with van der Waals surface area (Å²) in [5, 5.41) is 4.84. The lowest BCUT2D eigenvalue weighted by Gasteiger charge is -2.31. The maximum Gasteiger partial charge on any atom is 0.246 e. The maximum absolute atomic E-state index is 12.8. The van der Waals surface area contributed by atoms with Crippen molar-refractivity contribution >= 4 is 24.4 Å². The van der Waals surface area contributed by atoms with Crippen LogP contribution in [0.2, 0.25) is 0 Å². The van der Waals surface area contributed by atoms with E-state index in [1.165, 1.54) is 0 Å². The number of carbonyl (C=O) groups excluding carboxylic acids is 1. The van der Waals surface area contributed by atoms with E-state index in [-0.39, 0.29) is 18.3 Å². The van der Waals surface area contributed by atoms with E-state index in [4.69, 9.17) is 14.6 Å². The molecular formula is C25H27ClN4O3. The molecule has 5 rings (SSSR count). The number of rotatable bonds is 4. The number of nitrogens with zero attached hydrogens (tertiary/aromatic N) is 4. The van der Waals surface area contributed by atoms with E-state index in [1.54, 1.807) is 6.08 Å². The molecule has 3 heterocycles. The van der Waals surface area contributed by atoms with Gasteiger partial charge in [-0.15, -0.1) is 12.4 Å². The number of carbonyl (C=O) groups is 1. The Morgan fingerprint density at radius 2 is 1.70 bits per heavy atom. The molecule has 33 heavy (non-hydrogen) atoms. The van der Waals surface area contributed by atoms with Gasteiger partial charge in [0.2, 0.25) is 5.91 Å². The van der Waals surface area contributed by atoms with Crippen molar-refractivity contribution in [1.29, 1.82) is 0 Å². The first-order chi connectivity index (χ1) is 15.7. The summed E-state index contributed by atoms with van der Waals surface area (Å²) in [4.78, 5) is 16.9. The lowest BCUT2D eigenvalue weighted by Crippen LogP contribution is -2.46. The third kappa shape index (κ3) is 5.05. The summed E-state index contributed by atoms with van der Waals surface area (Å²) < 4.78 is 13.3. The third-order valence-electron chi connectivity index (χ3n) is 5.80. The summed E-state index contributed by atoms with van der Waals surface area (Å²) in [6, 6.07) is 15.8. The van der Waals surface area contributed by atoms with E-state index in [2.05, 4.69) is 11.9 Å². The fourth-order valence-corrected chi connectivity index (χ4v) is 3.93. The quantitative estimate of drug-likeness (QED) is 0.551. The number of ether oxygens (including phenoxy) is 2. The highest BCUT2D eigenvalue weighted by Gasteiger charge is 2.19. The van der Waals surface area contributed by atoms with E-state index < -0.39 is 0 Å². The van der Waals surface area contributed by atoms with Crippen LogP contribution in [0.5, 0.6) is 11.5 Å². The molecule has 0 saturated carbocycles. The Balaban J connectivity index is 0.00000259. The van der Waals surface area contributed by atoms with Gasteiger partial charge in [-0.2, -0.15) is 5.10 Å². The molecule has 0 spiro atoms. The minimum absolute atomic E-state index is 0. The van der Waals surface area contributed by atoms with Crippen LogP contribution in [0.25, 0.3) is 23.0 Å². The molecule has 2 aliphatic rings. The second-order valence-electron chi connectivity index (χ2n) is 8.03. The van der Waals surface area contributed by atoms with Gasteiger partial charge < -0.3 is 19.3 Å². The number of piperazine rings is 1. The number of para-hydroxylation sites is 1. The fourth-order valence-electron chi connectivity index (χ4n) is 3.93. The Morgan fingerprint density at radius 1 is 0.970 bits per heavy atom. The zero-order valence-electron chi connectivity index (χ0n) is 18.5. The van der Waals surface area contributed by atoms with Crippen LogP contribution in [0.4, 0.5) is 0 Å². The number of hydrogen-bond acceptors (Lipinski definition) is 5. The van der Waals surface area contributed by atoms with Gasteiger partial charge in [-0.1, -0.05) is 18.2 Å². The molecule has 0 atom stereocenters. The molecule has 1 saturated heterocycles. The van der Waals surface area contributed by atoms with Crippen molar-refractivity contribution in [2.24, 2.45) is 0 Å². The van der Waals surface area contributed by atoms with Crippen molar-refractivity contribution in [3.05, 3.63) is 66.4 Å². The summed E-state index contributed by atoms with van der Waals surface area (Å²) in [5.41, 5.74) is 3.52. The van der Waals surface area contributed by atoms with Gasteiger partial charge in [-0.25, -0.2) is 4.68 Å². The lowest BCUT2D eigenvalue weighted by molar-refractivity contribution is -0.127. The van der Waals surface area contributed by atoms with Crippen LogP contribution < -0.4 is 9.47 Å². The van der Waals surface area contributed by atoms with Crippen molar-refractivity contribution < 1.29 is 14.3 Å². The number of aromatic nitrogens is 2. The van der Waals surface area contributed by atoms with E-state index in [1.807, 2.05) is 70.4 Å². The average molecular weight is 467 g/mol. The monoisotopic (exact) mass is 466 g/mol. The highest BCUT2D eigenvalue weighted by atomic mass is 35.5. The van der Waals surface area contributed by atoms with Crippen LogP contribution in [0.1, 0.15) is 5.56 Å². The van der Waals surface area contributed by atoms with Crippen LogP contribution in [0.3, 0.4) is 0 Å².